The lowest BCUT2D eigenvalue weighted by molar-refractivity contribution is -0.226. The second-order valence-corrected chi connectivity index (χ2v) is 8.74. The topological polar surface area (TPSA) is 36.9 Å². The molecule has 1 unspecified atom stereocenters. The van der Waals surface area contributed by atoms with Crippen LogP contribution in [0.4, 0.5) is 0 Å². The van der Waals surface area contributed by atoms with E-state index < -0.39 is 6.29 Å². The van der Waals surface area contributed by atoms with Crippen molar-refractivity contribution < 1.29 is 18.9 Å². The lowest BCUT2D eigenvalue weighted by atomic mass is 9.95. The first-order valence-electron chi connectivity index (χ1n) is 10.1. The summed E-state index contributed by atoms with van der Waals surface area (Å²) in [4.78, 5) is 0. The average molecular weight is 443 g/mol. The summed E-state index contributed by atoms with van der Waals surface area (Å²) >= 11 is 3.58. The number of benzene rings is 1. The van der Waals surface area contributed by atoms with E-state index in [2.05, 4.69) is 43.6 Å². The predicted molar refractivity (Wildman–Crippen MR) is 113 cm³/mol. The van der Waals surface area contributed by atoms with Crippen molar-refractivity contribution in [1.82, 2.24) is 0 Å². The molecule has 4 nitrogen and oxygen atoms in total. The number of hydrogen-bond donors (Lipinski definition) is 0. The number of ether oxygens (including phenoxy) is 4. The molecule has 1 aromatic rings. The number of hydrogen-bond acceptors (Lipinski definition) is 4. The molecule has 2 rings (SSSR count). The van der Waals surface area contributed by atoms with Gasteiger partial charge in [-0.25, -0.2) is 0 Å². The average Bonchev–Trinajstić information content (AvgIpc) is 2.67. The molecular weight excluding hydrogens is 408 g/mol. The van der Waals surface area contributed by atoms with Gasteiger partial charge in [0.15, 0.2) is 6.29 Å². The summed E-state index contributed by atoms with van der Waals surface area (Å²) in [5, 5.41) is 0.712. The normalized spacial score (nSPS) is 18.3. The van der Waals surface area contributed by atoms with Crippen molar-refractivity contribution in [2.24, 2.45) is 11.3 Å². The van der Waals surface area contributed by atoms with E-state index >= 15 is 0 Å². The number of methoxy groups -OCH3 is 1. The van der Waals surface area contributed by atoms with Gasteiger partial charge in [-0.1, -0.05) is 62.9 Å². The highest BCUT2D eigenvalue weighted by Crippen LogP contribution is 2.39. The third-order valence-electron chi connectivity index (χ3n) is 5.08. The Morgan fingerprint density at radius 3 is 2.44 bits per heavy atom. The molecule has 1 atom stereocenters. The fourth-order valence-electron chi connectivity index (χ4n) is 3.20. The van der Waals surface area contributed by atoms with Crippen molar-refractivity contribution in [1.29, 1.82) is 0 Å². The summed E-state index contributed by atoms with van der Waals surface area (Å²) in [6, 6.07) is 4.06. The minimum absolute atomic E-state index is 0.0342. The molecule has 0 N–H and O–H groups in total. The van der Waals surface area contributed by atoms with Gasteiger partial charge in [0.25, 0.3) is 0 Å². The molecule has 0 bridgehead atoms. The van der Waals surface area contributed by atoms with E-state index in [0.29, 0.717) is 24.5 Å². The highest BCUT2D eigenvalue weighted by molar-refractivity contribution is 9.08. The zero-order valence-corrected chi connectivity index (χ0v) is 19.1. The maximum absolute atomic E-state index is 6.25. The Morgan fingerprint density at radius 1 is 1.19 bits per heavy atom. The van der Waals surface area contributed by atoms with Crippen LogP contribution < -0.4 is 9.47 Å². The molecule has 1 saturated heterocycles. The van der Waals surface area contributed by atoms with Crippen LogP contribution >= 0.6 is 15.9 Å². The Kier molecular flexibility index (Phi) is 8.90. The first kappa shape index (κ1) is 22.5. The van der Waals surface area contributed by atoms with Crippen LogP contribution in [0, 0.1) is 11.3 Å². The third-order valence-corrected chi connectivity index (χ3v) is 5.68. The number of unbranched alkanes of at least 4 members (excludes halogenated alkanes) is 1. The second-order valence-electron chi connectivity index (χ2n) is 8.18. The Bertz CT molecular complexity index is 578. The molecule has 0 aromatic heterocycles. The van der Waals surface area contributed by atoms with E-state index in [9.17, 15) is 0 Å². The van der Waals surface area contributed by atoms with E-state index in [1.165, 1.54) is 19.3 Å². The van der Waals surface area contributed by atoms with Crippen LogP contribution in [0.15, 0.2) is 12.1 Å². The molecule has 1 aromatic carbocycles. The van der Waals surface area contributed by atoms with Crippen LogP contribution in [0.1, 0.15) is 70.8 Å². The molecule has 1 aliphatic heterocycles. The van der Waals surface area contributed by atoms with Crippen LogP contribution in [0.2, 0.25) is 0 Å². The van der Waals surface area contributed by atoms with Crippen LogP contribution in [0.25, 0.3) is 0 Å². The van der Waals surface area contributed by atoms with Crippen molar-refractivity contribution in [3.05, 3.63) is 23.3 Å². The van der Waals surface area contributed by atoms with Gasteiger partial charge in [0.2, 0.25) is 0 Å². The van der Waals surface area contributed by atoms with Crippen LogP contribution in [0.3, 0.4) is 0 Å². The molecule has 0 saturated carbocycles. The van der Waals surface area contributed by atoms with Gasteiger partial charge in [-0.05, 0) is 24.5 Å². The van der Waals surface area contributed by atoms with Gasteiger partial charge >= 0.3 is 0 Å². The fourth-order valence-corrected chi connectivity index (χ4v) is 3.63. The second kappa shape index (κ2) is 10.7. The summed E-state index contributed by atoms with van der Waals surface area (Å²) in [5.41, 5.74) is 2.01. The summed E-state index contributed by atoms with van der Waals surface area (Å²) in [6.07, 6.45) is 4.41. The van der Waals surface area contributed by atoms with Gasteiger partial charge in [-0.2, -0.15) is 0 Å². The number of halogens is 1. The minimum Gasteiger partial charge on any atom is -0.496 e. The van der Waals surface area contributed by atoms with Gasteiger partial charge in [0.05, 0.1) is 32.5 Å². The molecule has 1 heterocycles. The maximum atomic E-state index is 6.25. The molecule has 1 aliphatic rings. The van der Waals surface area contributed by atoms with E-state index in [0.717, 1.165) is 35.7 Å². The molecule has 154 valence electrons. The highest BCUT2D eigenvalue weighted by atomic mass is 79.9. The van der Waals surface area contributed by atoms with E-state index in [1.54, 1.807) is 7.11 Å². The maximum Gasteiger partial charge on any atom is 0.187 e. The molecule has 0 spiro atoms. The van der Waals surface area contributed by atoms with Gasteiger partial charge < -0.3 is 18.9 Å². The smallest absolute Gasteiger partial charge is 0.187 e. The molecule has 0 radical (unpaired) electrons. The summed E-state index contributed by atoms with van der Waals surface area (Å²) in [5.74, 6) is 2.25. The third kappa shape index (κ3) is 6.37. The van der Waals surface area contributed by atoms with Crippen molar-refractivity contribution in [2.45, 2.75) is 65.0 Å². The summed E-state index contributed by atoms with van der Waals surface area (Å²) in [7, 11) is 1.68. The zero-order valence-electron chi connectivity index (χ0n) is 17.5. The van der Waals surface area contributed by atoms with E-state index in [4.69, 9.17) is 18.9 Å². The van der Waals surface area contributed by atoms with Gasteiger partial charge in [-0.3, -0.25) is 0 Å². The van der Waals surface area contributed by atoms with Gasteiger partial charge in [-0.15, -0.1) is 0 Å². The van der Waals surface area contributed by atoms with Crippen molar-refractivity contribution in [3.8, 4) is 11.5 Å². The molecule has 1 fully saturated rings. The van der Waals surface area contributed by atoms with Crippen LogP contribution in [-0.4, -0.2) is 26.9 Å². The molecule has 5 heteroatoms. The number of alkyl halides is 1. The summed E-state index contributed by atoms with van der Waals surface area (Å²) in [6.45, 7) is 10.8. The predicted octanol–water partition coefficient (Wildman–Crippen LogP) is 6.26. The Morgan fingerprint density at radius 2 is 1.89 bits per heavy atom. The largest absolute Gasteiger partial charge is 0.496 e. The first-order valence-corrected chi connectivity index (χ1v) is 11.2. The van der Waals surface area contributed by atoms with Crippen molar-refractivity contribution >= 4 is 15.9 Å². The first-order chi connectivity index (χ1) is 12.9. The fraction of sp³-hybridized carbons (Fsp3) is 0.727. The summed E-state index contributed by atoms with van der Waals surface area (Å²) < 4.78 is 23.8. The van der Waals surface area contributed by atoms with E-state index in [-0.39, 0.29) is 5.41 Å². The number of rotatable bonds is 10. The van der Waals surface area contributed by atoms with E-state index in [1.807, 2.05) is 12.1 Å². The molecule has 0 aliphatic carbocycles. The van der Waals surface area contributed by atoms with Gasteiger partial charge in [0, 0.05) is 16.3 Å². The molecule has 27 heavy (non-hydrogen) atoms. The Labute approximate surface area is 173 Å². The monoisotopic (exact) mass is 442 g/mol. The standard InChI is InChI=1S/C22H35BrO4/c1-6-8-9-16(7-2)13-25-19-11-18(20(24-5)10-17(19)12-23)21-26-14-22(3,4)15-27-21/h10-11,16,21H,6-9,12-15H2,1-5H3. The van der Waals surface area contributed by atoms with Gasteiger partial charge in [0.1, 0.15) is 11.5 Å². The Hall–Kier alpha value is -0.780. The minimum atomic E-state index is -0.415. The molecule has 0 amide bonds. The Balaban J connectivity index is 2.18. The molecular formula is C22H35BrO4. The SMILES string of the molecule is CCCCC(CC)COc1cc(C2OCC(C)(C)CO2)c(OC)cc1CBr. The van der Waals surface area contributed by atoms with Crippen molar-refractivity contribution in [3.63, 3.8) is 0 Å². The van der Waals surface area contributed by atoms with Crippen LogP contribution in [-0.2, 0) is 14.8 Å². The lowest BCUT2D eigenvalue weighted by Crippen LogP contribution is -2.33. The van der Waals surface area contributed by atoms with Crippen molar-refractivity contribution in [2.75, 3.05) is 26.9 Å². The zero-order chi connectivity index (χ0) is 19.9. The lowest BCUT2D eigenvalue weighted by Gasteiger charge is -2.35. The quantitative estimate of drug-likeness (QED) is 0.400. The van der Waals surface area contributed by atoms with Crippen LogP contribution in [0.5, 0.6) is 11.5 Å². The highest BCUT2D eigenvalue weighted by Gasteiger charge is 2.31.